The molecule has 2 N–H and O–H groups in total. The normalized spacial score (nSPS) is 13.8. The molecule has 7 heteroatoms. The molecule has 29 heavy (non-hydrogen) atoms. The molecule has 3 rings (SSSR count). The minimum absolute atomic E-state index is 0.256. The van der Waals surface area contributed by atoms with Gasteiger partial charge in [0.05, 0.1) is 12.2 Å². The second-order valence-electron chi connectivity index (χ2n) is 7.08. The van der Waals surface area contributed by atoms with Crippen LogP contribution in [-0.2, 0) is 24.0 Å². The summed E-state index contributed by atoms with van der Waals surface area (Å²) < 4.78 is 6.42. The summed E-state index contributed by atoms with van der Waals surface area (Å²) in [5.74, 6) is -0.256. The van der Waals surface area contributed by atoms with E-state index in [4.69, 9.17) is 17.0 Å². The Morgan fingerprint density at radius 2 is 1.93 bits per heavy atom. The number of hydrogen-bond donors (Lipinski definition) is 2. The Kier molecular flexibility index (Phi) is 8.09. The summed E-state index contributed by atoms with van der Waals surface area (Å²) in [6.45, 7) is 4.32. The van der Waals surface area contributed by atoms with Gasteiger partial charge in [-0.05, 0) is 80.6 Å². The summed E-state index contributed by atoms with van der Waals surface area (Å²) in [4.78, 5) is 14.0. The molecule has 0 fully saturated rings. The van der Waals surface area contributed by atoms with Gasteiger partial charge in [-0.3, -0.25) is 0 Å². The van der Waals surface area contributed by atoms with E-state index in [-0.39, 0.29) is 5.97 Å². The fourth-order valence-electron chi connectivity index (χ4n) is 3.66. The topological polar surface area (TPSA) is 50.4 Å². The lowest BCUT2D eigenvalue weighted by Crippen LogP contribution is -2.21. The van der Waals surface area contributed by atoms with Crippen molar-refractivity contribution in [3.63, 3.8) is 0 Å². The van der Waals surface area contributed by atoms with Crippen LogP contribution in [0.3, 0.4) is 0 Å². The van der Waals surface area contributed by atoms with Crippen LogP contribution in [0.1, 0.15) is 65.9 Å². The molecule has 0 amide bonds. The number of benzene rings is 1. The van der Waals surface area contributed by atoms with Gasteiger partial charge in [-0.1, -0.05) is 35.7 Å². The van der Waals surface area contributed by atoms with Gasteiger partial charge in [-0.2, -0.15) is 0 Å². The minimum atomic E-state index is -0.256. The molecule has 0 unspecified atom stereocenters. The molecular formula is C22H27BrN2O2S2. The highest BCUT2D eigenvalue weighted by atomic mass is 79.9. The first kappa shape index (κ1) is 22.2. The van der Waals surface area contributed by atoms with E-state index >= 15 is 0 Å². The minimum Gasteiger partial charge on any atom is -0.462 e. The highest BCUT2D eigenvalue weighted by Gasteiger charge is 2.25. The molecule has 0 radical (unpaired) electrons. The van der Waals surface area contributed by atoms with Gasteiger partial charge in [-0.15, -0.1) is 11.3 Å². The van der Waals surface area contributed by atoms with Gasteiger partial charge >= 0.3 is 5.97 Å². The Labute approximate surface area is 190 Å². The highest BCUT2D eigenvalue weighted by Crippen LogP contribution is 2.37. The van der Waals surface area contributed by atoms with Gasteiger partial charge < -0.3 is 15.4 Å². The monoisotopic (exact) mass is 494 g/mol. The molecule has 0 bridgehead atoms. The first-order valence-corrected chi connectivity index (χ1v) is 12.2. The van der Waals surface area contributed by atoms with Crippen molar-refractivity contribution in [2.24, 2.45) is 0 Å². The number of nitrogens with one attached hydrogen (secondary N) is 2. The van der Waals surface area contributed by atoms with Crippen LogP contribution >= 0.6 is 39.5 Å². The van der Waals surface area contributed by atoms with Crippen molar-refractivity contribution in [2.45, 2.75) is 58.8 Å². The van der Waals surface area contributed by atoms with Crippen LogP contribution in [0.2, 0.25) is 0 Å². The van der Waals surface area contributed by atoms with Gasteiger partial charge in [0, 0.05) is 15.0 Å². The maximum Gasteiger partial charge on any atom is 0.341 e. The van der Waals surface area contributed by atoms with E-state index in [1.807, 2.05) is 19.1 Å². The molecule has 0 aliphatic heterocycles. The van der Waals surface area contributed by atoms with Gasteiger partial charge in [0.15, 0.2) is 5.11 Å². The lowest BCUT2D eigenvalue weighted by molar-refractivity contribution is 0.0526. The molecule has 0 saturated carbocycles. The number of fused-ring (bicyclic) bond motifs is 1. The fourth-order valence-corrected chi connectivity index (χ4v) is 5.63. The Balaban J connectivity index is 1.86. The molecule has 156 valence electrons. The van der Waals surface area contributed by atoms with Crippen LogP contribution in [0.15, 0.2) is 22.7 Å². The summed E-state index contributed by atoms with van der Waals surface area (Å²) in [5, 5.41) is 7.87. The summed E-state index contributed by atoms with van der Waals surface area (Å²) in [6.07, 6.45) is 7.57. The quantitative estimate of drug-likeness (QED) is 0.356. The first-order valence-electron chi connectivity index (χ1n) is 10.2. The zero-order valence-corrected chi connectivity index (χ0v) is 20.1. The number of hydrogen-bond acceptors (Lipinski definition) is 4. The third-order valence-electron chi connectivity index (χ3n) is 5.07. The number of carbonyl (C=O) groups excluding carboxylic acids is 1. The number of anilines is 2. The zero-order chi connectivity index (χ0) is 20.8. The van der Waals surface area contributed by atoms with E-state index in [0.29, 0.717) is 17.3 Å². The lowest BCUT2D eigenvalue weighted by atomic mass is 9.96. The second kappa shape index (κ2) is 10.5. The molecule has 0 spiro atoms. The number of thiocarbonyl (C=S) groups is 1. The van der Waals surface area contributed by atoms with Crippen molar-refractivity contribution in [3.05, 3.63) is 44.2 Å². The highest BCUT2D eigenvalue weighted by molar-refractivity contribution is 9.10. The summed E-state index contributed by atoms with van der Waals surface area (Å²) in [7, 11) is 0. The maximum atomic E-state index is 12.8. The maximum absolute atomic E-state index is 12.8. The van der Waals surface area contributed by atoms with Crippen molar-refractivity contribution in [2.75, 3.05) is 17.2 Å². The Hall–Kier alpha value is -1.44. The molecule has 0 atom stereocenters. The van der Waals surface area contributed by atoms with E-state index in [2.05, 4.69) is 39.6 Å². The van der Waals surface area contributed by atoms with Gasteiger partial charge in [0.1, 0.15) is 5.00 Å². The Bertz CT molecular complexity index is 895. The summed E-state index contributed by atoms with van der Waals surface area (Å²) >= 11 is 10.7. The van der Waals surface area contributed by atoms with Crippen LogP contribution in [0.5, 0.6) is 0 Å². The summed E-state index contributed by atoms with van der Waals surface area (Å²) in [6, 6.07) is 6.09. The molecule has 1 aliphatic carbocycles. The third-order valence-corrected chi connectivity index (χ3v) is 6.98. The van der Waals surface area contributed by atoms with E-state index in [1.54, 1.807) is 11.3 Å². The smallest absolute Gasteiger partial charge is 0.341 e. The van der Waals surface area contributed by atoms with Crippen molar-refractivity contribution in [1.29, 1.82) is 0 Å². The lowest BCUT2D eigenvalue weighted by Gasteiger charge is -2.14. The molecule has 4 nitrogen and oxygen atoms in total. The van der Waals surface area contributed by atoms with Crippen molar-refractivity contribution >= 4 is 61.3 Å². The molecule has 1 aromatic heterocycles. The van der Waals surface area contributed by atoms with Crippen LogP contribution in [0, 0.1) is 0 Å². The van der Waals surface area contributed by atoms with Gasteiger partial charge in [-0.25, -0.2) is 4.79 Å². The van der Waals surface area contributed by atoms with Crippen molar-refractivity contribution in [1.82, 2.24) is 0 Å². The molecule has 1 aromatic carbocycles. The van der Waals surface area contributed by atoms with E-state index in [0.717, 1.165) is 52.8 Å². The largest absolute Gasteiger partial charge is 0.462 e. The van der Waals surface area contributed by atoms with Crippen LogP contribution in [0.4, 0.5) is 10.7 Å². The average Bonchev–Trinajstić information content (AvgIpc) is 2.99. The van der Waals surface area contributed by atoms with Crippen LogP contribution in [0.25, 0.3) is 0 Å². The molecule has 1 heterocycles. The Morgan fingerprint density at radius 1 is 1.17 bits per heavy atom. The molecule has 1 aliphatic rings. The van der Waals surface area contributed by atoms with Gasteiger partial charge in [0.25, 0.3) is 0 Å². The number of thiophene rings is 1. The number of ether oxygens (including phenoxy) is 1. The second-order valence-corrected chi connectivity index (χ2v) is 9.51. The van der Waals surface area contributed by atoms with Crippen LogP contribution < -0.4 is 10.6 Å². The predicted octanol–water partition coefficient (Wildman–Crippen LogP) is 6.72. The number of carbonyl (C=O) groups is 1. The van der Waals surface area contributed by atoms with E-state index < -0.39 is 0 Å². The molecular weight excluding hydrogens is 468 g/mol. The molecule has 0 saturated heterocycles. The van der Waals surface area contributed by atoms with E-state index in [1.165, 1.54) is 23.3 Å². The third kappa shape index (κ3) is 5.58. The average molecular weight is 496 g/mol. The zero-order valence-electron chi connectivity index (χ0n) is 16.9. The van der Waals surface area contributed by atoms with Crippen molar-refractivity contribution in [3.8, 4) is 0 Å². The summed E-state index contributed by atoms with van der Waals surface area (Å²) in [5.41, 5.74) is 3.97. The number of aryl methyl sites for hydroxylation is 2. The molecule has 2 aromatic rings. The number of halogens is 1. The van der Waals surface area contributed by atoms with Crippen LogP contribution in [-0.4, -0.2) is 17.7 Å². The SMILES string of the molecule is CCOC(=O)c1c(NC(=S)Nc2ccc(Br)cc2CC)sc2c1CCCCCC2. The fraction of sp³-hybridized carbons (Fsp3) is 0.455. The van der Waals surface area contributed by atoms with Crippen molar-refractivity contribution < 1.29 is 9.53 Å². The van der Waals surface area contributed by atoms with Gasteiger partial charge in [0.2, 0.25) is 0 Å². The standard InChI is InChI=1S/C22H27BrN2O2S2/c1-3-14-13-15(23)11-12-17(14)24-22(28)25-20-19(21(26)27-4-2)16-9-7-5-6-8-10-18(16)29-20/h11-13H,3-10H2,1-2H3,(H2,24,25,28). The first-order chi connectivity index (χ1) is 14.0. The number of esters is 1. The number of rotatable bonds is 5. The van der Waals surface area contributed by atoms with E-state index in [9.17, 15) is 4.79 Å². The Morgan fingerprint density at radius 3 is 2.66 bits per heavy atom. The predicted molar refractivity (Wildman–Crippen MR) is 130 cm³/mol.